The zero-order valence-electron chi connectivity index (χ0n) is 10.6. The van der Waals surface area contributed by atoms with E-state index in [1.807, 2.05) is 11.4 Å². The molecule has 2 rings (SSSR count). The highest BCUT2D eigenvalue weighted by atomic mass is 32.1. The lowest BCUT2D eigenvalue weighted by Crippen LogP contribution is -2.26. The van der Waals surface area contributed by atoms with Crippen LogP contribution in [0, 0.1) is 0 Å². The van der Waals surface area contributed by atoms with Gasteiger partial charge in [-0.25, -0.2) is 4.79 Å². The van der Waals surface area contributed by atoms with E-state index in [1.54, 1.807) is 7.05 Å². The van der Waals surface area contributed by atoms with Gasteiger partial charge in [-0.2, -0.15) is 0 Å². The molecule has 104 valence electrons. The Labute approximate surface area is 118 Å². The number of rotatable bonds is 5. The van der Waals surface area contributed by atoms with Crippen LogP contribution in [0.25, 0.3) is 6.08 Å². The molecule has 0 aliphatic rings. The molecule has 2 aromatic rings. The summed E-state index contributed by atoms with van der Waals surface area (Å²) in [5, 5.41) is 14.0. The Morgan fingerprint density at radius 3 is 3.00 bits per heavy atom. The number of carboxylic acids is 1. The maximum atomic E-state index is 11.9. The first-order chi connectivity index (χ1) is 9.56. The van der Waals surface area contributed by atoms with E-state index in [1.165, 1.54) is 34.6 Å². The predicted octanol–water partition coefficient (Wildman–Crippen LogP) is 2.11. The zero-order valence-corrected chi connectivity index (χ0v) is 11.5. The molecule has 6 nitrogen and oxygen atoms in total. The molecule has 1 N–H and O–H groups in total. The van der Waals surface area contributed by atoms with Crippen molar-refractivity contribution in [2.75, 3.05) is 7.05 Å². The van der Waals surface area contributed by atoms with E-state index in [0.29, 0.717) is 6.54 Å². The summed E-state index contributed by atoms with van der Waals surface area (Å²) in [5.74, 6) is -1.22. The second kappa shape index (κ2) is 6.16. The lowest BCUT2D eigenvalue weighted by atomic mass is 10.2. The molecule has 0 radical (unpaired) electrons. The van der Waals surface area contributed by atoms with Crippen molar-refractivity contribution in [1.82, 2.24) is 10.1 Å². The van der Waals surface area contributed by atoms with Gasteiger partial charge in [0.05, 0.1) is 0 Å². The van der Waals surface area contributed by atoms with Gasteiger partial charge >= 0.3 is 5.97 Å². The molecule has 7 heteroatoms. The second-order valence-electron chi connectivity index (χ2n) is 4.07. The molecule has 0 saturated carbocycles. The highest BCUT2D eigenvalue weighted by Crippen LogP contribution is 2.18. The predicted molar refractivity (Wildman–Crippen MR) is 73.3 cm³/mol. The Morgan fingerprint density at radius 1 is 1.55 bits per heavy atom. The van der Waals surface area contributed by atoms with Crippen LogP contribution < -0.4 is 0 Å². The molecule has 0 bridgehead atoms. The van der Waals surface area contributed by atoms with E-state index in [2.05, 4.69) is 9.68 Å². The molecule has 2 heterocycles. The van der Waals surface area contributed by atoms with Gasteiger partial charge in [0, 0.05) is 30.6 Å². The molecule has 0 atom stereocenters. The summed E-state index contributed by atoms with van der Waals surface area (Å²) in [6.07, 6.45) is 3.95. The van der Waals surface area contributed by atoms with Gasteiger partial charge in [-0.05, 0) is 23.1 Å². The third kappa shape index (κ3) is 3.55. The van der Waals surface area contributed by atoms with Gasteiger partial charge in [0.15, 0.2) is 5.69 Å². The molecule has 0 aliphatic heterocycles. The molecule has 2 aromatic heterocycles. The Morgan fingerprint density at radius 2 is 2.35 bits per heavy atom. The Kier molecular flexibility index (Phi) is 4.31. The van der Waals surface area contributed by atoms with E-state index in [-0.39, 0.29) is 11.6 Å². The molecule has 0 saturated heterocycles. The fourth-order valence-corrected chi connectivity index (χ4v) is 2.38. The summed E-state index contributed by atoms with van der Waals surface area (Å²) in [4.78, 5) is 24.7. The standard InChI is InChI=1S/C13H12N2O4S/c1-15(13(18)11-4-5-19-14-11)7-9-6-10(20-8-9)2-3-12(16)17/h2-6,8H,7H2,1H3,(H,16,17). The van der Waals surface area contributed by atoms with Crippen molar-refractivity contribution in [3.05, 3.63) is 46.0 Å². The summed E-state index contributed by atoms with van der Waals surface area (Å²) in [5.41, 5.74) is 1.19. The molecule has 0 spiro atoms. The lowest BCUT2D eigenvalue weighted by Gasteiger charge is -2.14. The van der Waals surface area contributed by atoms with Crippen molar-refractivity contribution in [1.29, 1.82) is 0 Å². The van der Waals surface area contributed by atoms with E-state index < -0.39 is 5.97 Å². The van der Waals surface area contributed by atoms with Gasteiger partial charge in [-0.1, -0.05) is 5.16 Å². The maximum Gasteiger partial charge on any atom is 0.328 e. The van der Waals surface area contributed by atoms with Crippen LogP contribution in [0.2, 0.25) is 0 Å². The normalized spacial score (nSPS) is 10.8. The van der Waals surface area contributed by atoms with Crippen LogP contribution in [0.5, 0.6) is 0 Å². The number of thiophene rings is 1. The van der Waals surface area contributed by atoms with E-state index >= 15 is 0 Å². The quantitative estimate of drug-likeness (QED) is 0.853. The lowest BCUT2D eigenvalue weighted by molar-refractivity contribution is -0.131. The minimum Gasteiger partial charge on any atom is -0.478 e. The van der Waals surface area contributed by atoms with Gasteiger partial charge in [-0.3, -0.25) is 4.79 Å². The first-order valence-corrected chi connectivity index (χ1v) is 6.58. The number of carbonyl (C=O) groups is 2. The number of aromatic nitrogens is 1. The van der Waals surface area contributed by atoms with E-state index in [0.717, 1.165) is 16.5 Å². The molecule has 0 aromatic carbocycles. The fraction of sp³-hybridized carbons (Fsp3) is 0.154. The van der Waals surface area contributed by atoms with Gasteiger partial charge in [0.1, 0.15) is 6.26 Å². The van der Waals surface area contributed by atoms with Crippen molar-refractivity contribution in [3.63, 3.8) is 0 Å². The van der Waals surface area contributed by atoms with Gasteiger partial charge in [0.2, 0.25) is 0 Å². The number of hydrogen-bond donors (Lipinski definition) is 1. The van der Waals surface area contributed by atoms with Crippen molar-refractivity contribution in [2.24, 2.45) is 0 Å². The highest BCUT2D eigenvalue weighted by Gasteiger charge is 2.15. The van der Waals surface area contributed by atoms with Crippen LogP contribution in [-0.4, -0.2) is 34.1 Å². The summed E-state index contributed by atoms with van der Waals surface area (Å²) in [7, 11) is 1.67. The van der Waals surface area contributed by atoms with Crippen LogP contribution in [0.15, 0.2) is 34.4 Å². The number of hydrogen-bond acceptors (Lipinski definition) is 5. The largest absolute Gasteiger partial charge is 0.478 e. The second-order valence-corrected chi connectivity index (χ2v) is 5.02. The highest BCUT2D eigenvalue weighted by molar-refractivity contribution is 7.11. The van der Waals surface area contributed by atoms with Crippen LogP contribution in [-0.2, 0) is 11.3 Å². The van der Waals surface area contributed by atoms with Crippen LogP contribution in [0.3, 0.4) is 0 Å². The SMILES string of the molecule is CN(Cc1csc(C=CC(=O)O)c1)C(=O)c1ccon1. The molecule has 1 amide bonds. The average molecular weight is 292 g/mol. The van der Waals surface area contributed by atoms with Crippen LogP contribution in [0.1, 0.15) is 20.9 Å². The summed E-state index contributed by atoms with van der Waals surface area (Å²) < 4.78 is 4.63. The third-order valence-electron chi connectivity index (χ3n) is 2.49. The molecule has 20 heavy (non-hydrogen) atoms. The molecule has 0 aliphatic carbocycles. The van der Waals surface area contributed by atoms with Crippen molar-refractivity contribution < 1.29 is 19.2 Å². The number of aliphatic carboxylic acids is 1. The van der Waals surface area contributed by atoms with Gasteiger partial charge in [-0.15, -0.1) is 11.3 Å². The molecule has 0 unspecified atom stereocenters. The van der Waals surface area contributed by atoms with Crippen molar-refractivity contribution in [3.8, 4) is 0 Å². The Bertz CT molecular complexity index is 631. The number of carboxylic acid groups (broad SMARTS) is 1. The Balaban J connectivity index is 2.00. The number of carbonyl (C=O) groups excluding carboxylic acids is 1. The minimum atomic E-state index is -0.988. The zero-order chi connectivity index (χ0) is 14.5. The van der Waals surface area contributed by atoms with Crippen LogP contribution in [0.4, 0.5) is 0 Å². The van der Waals surface area contributed by atoms with Crippen molar-refractivity contribution in [2.45, 2.75) is 6.54 Å². The smallest absolute Gasteiger partial charge is 0.328 e. The van der Waals surface area contributed by atoms with Gasteiger partial charge in [0.25, 0.3) is 5.91 Å². The fourth-order valence-electron chi connectivity index (χ4n) is 1.58. The minimum absolute atomic E-state index is 0.229. The summed E-state index contributed by atoms with van der Waals surface area (Å²) in [6.45, 7) is 0.420. The Hall–Kier alpha value is -2.41. The molecule has 0 fully saturated rings. The van der Waals surface area contributed by atoms with E-state index in [9.17, 15) is 9.59 Å². The third-order valence-corrected chi connectivity index (χ3v) is 3.43. The van der Waals surface area contributed by atoms with Gasteiger partial charge < -0.3 is 14.5 Å². The van der Waals surface area contributed by atoms with Crippen LogP contribution >= 0.6 is 11.3 Å². The monoisotopic (exact) mass is 292 g/mol. The number of nitrogens with zero attached hydrogens (tertiary/aromatic N) is 2. The first-order valence-electron chi connectivity index (χ1n) is 5.70. The molecular weight excluding hydrogens is 280 g/mol. The average Bonchev–Trinajstić information content (AvgIpc) is 3.06. The summed E-state index contributed by atoms with van der Waals surface area (Å²) >= 11 is 1.42. The summed E-state index contributed by atoms with van der Waals surface area (Å²) in [6, 6.07) is 3.35. The topological polar surface area (TPSA) is 83.6 Å². The van der Waals surface area contributed by atoms with Crippen molar-refractivity contribution >= 4 is 29.3 Å². The molecular formula is C13H12N2O4S. The maximum absolute atomic E-state index is 11.9. The van der Waals surface area contributed by atoms with E-state index in [4.69, 9.17) is 5.11 Å². The number of amides is 1. The first kappa shape index (κ1) is 14.0.